The summed E-state index contributed by atoms with van der Waals surface area (Å²) in [5.41, 5.74) is 0. The van der Waals surface area contributed by atoms with Gasteiger partial charge >= 0.3 is 18.2 Å². The van der Waals surface area contributed by atoms with Crippen molar-refractivity contribution in [1.29, 1.82) is 0 Å². The summed E-state index contributed by atoms with van der Waals surface area (Å²) in [4.78, 5) is 23.6. The lowest BCUT2D eigenvalue weighted by atomic mass is 10.2. The van der Waals surface area contributed by atoms with Crippen LogP contribution >= 0.6 is 0 Å². The number of urea groups is 1. The highest BCUT2D eigenvalue weighted by Crippen LogP contribution is 2.22. The summed E-state index contributed by atoms with van der Waals surface area (Å²) < 4.78 is 35.6. The molecule has 0 unspecified atom stereocenters. The van der Waals surface area contributed by atoms with Gasteiger partial charge in [0, 0.05) is 25.9 Å². The largest absolute Gasteiger partial charge is 0.480 e. The van der Waals surface area contributed by atoms with Crippen LogP contribution in [-0.2, 0) is 4.79 Å². The van der Waals surface area contributed by atoms with Gasteiger partial charge in [-0.25, -0.2) is 9.59 Å². The normalized spacial score (nSPS) is 22.9. The average molecular weight is 298 g/mol. The fourth-order valence-electron chi connectivity index (χ4n) is 2.02. The van der Waals surface area contributed by atoms with E-state index in [-0.39, 0.29) is 32.4 Å². The van der Waals surface area contributed by atoms with Crippen molar-refractivity contribution >= 4 is 12.0 Å². The molecule has 0 aromatic rings. The number of hydrogen-bond acceptors (Lipinski definition) is 3. The third-order valence-electron chi connectivity index (χ3n) is 2.99. The number of β-amino-alcohol motifs (C(OH)–C–C–N with tert-alkyl or cyclic N) is 1. The van der Waals surface area contributed by atoms with Crippen molar-refractivity contribution in [1.82, 2.24) is 10.2 Å². The number of likely N-dealkylation sites (tertiary alicyclic amines) is 1. The molecule has 0 bridgehead atoms. The number of nitrogens with one attached hydrogen (secondary N) is 1. The third kappa shape index (κ3) is 5.24. The Labute approximate surface area is 113 Å². The van der Waals surface area contributed by atoms with Crippen LogP contribution in [0.2, 0.25) is 0 Å². The van der Waals surface area contributed by atoms with Crippen molar-refractivity contribution in [3.63, 3.8) is 0 Å². The van der Waals surface area contributed by atoms with Gasteiger partial charge in [0.05, 0.1) is 6.10 Å². The standard InChI is InChI=1S/C11H17F3N2O4/c12-11(13,14)3-1-2-4-15-10(20)16-6-7(17)5-8(16)9(18)19/h7-8,17H,1-6H2,(H,15,20)(H,18,19)/t7-,8-/m1/s1. The van der Waals surface area contributed by atoms with E-state index in [9.17, 15) is 27.9 Å². The maximum absolute atomic E-state index is 11.9. The molecule has 116 valence electrons. The van der Waals surface area contributed by atoms with Crippen LogP contribution in [-0.4, -0.2) is 58.5 Å². The van der Waals surface area contributed by atoms with E-state index in [0.717, 1.165) is 4.90 Å². The summed E-state index contributed by atoms with van der Waals surface area (Å²) in [5, 5.41) is 20.6. The molecule has 0 spiro atoms. The summed E-state index contributed by atoms with van der Waals surface area (Å²) in [7, 11) is 0. The van der Waals surface area contributed by atoms with E-state index in [4.69, 9.17) is 5.11 Å². The van der Waals surface area contributed by atoms with Crippen LogP contribution in [0.1, 0.15) is 25.7 Å². The molecule has 2 atom stereocenters. The number of carboxylic acid groups (broad SMARTS) is 1. The number of nitrogens with zero attached hydrogens (tertiary/aromatic N) is 1. The zero-order valence-electron chi connectivity index (χ0n) is 10.7. The van der Waals surface area contributed by atoms with Crippen LogP contribution in [0.15, 0.2) is 0 Å². The summed E-state index contributed by atoms with van der Waals surface area (Å²) in [6, 6.07) is -1.78. The van der Waals surface area contributed by atoms with Crippen molar-refractivity contribution in [3.8, 4) is 0 Å². The fraction of sp³-hybridized carbons (Fsp3) is 0.818. The van der Waals surface area contributed by atoms with Gasteiger partial charge in [0.25, 0.3) is 0 Å². The second-order valence-corrected chi connectivity index (χ2v) is 4.70. The molecule has 1 aliphatic heterocycles. The second-order valence-electron chi connectivity index (χ2n) is 4.70. The van der Waals surface area contributed by atoms with Gasteiger partial charge in [0.1, 0.15) is 6.04 Å². The predicted octanol–water partition coefficient (Wildman–Crippen LogP) is 0.948. The minimum atomic E-state index is -4.21. The van der Waals surface area contributed by atoms with Gasteiger partial charge in [-0.05, 0) is 12.8 Å². The SMILES string of the molecule is O=C(O)[C@H]1C[C@@H](O)CN1C(=O)NCCCCC(F)(F)F. The number of halogens is 3. The molecular formula is C11H17F3N2O4. The molecule has 0 radical (unpaired) electrons. The highest BCUT2D eigenvalue weighted by atomic mass is 19.4. The van der Waals surface area contributed by atoms with Crippen molar-refractivity contribution in [2.75, 3.05) is 13.1 Å². The van der Waals surface area contributed by atoms with Crippen LogP contribution in [0, 0.1) is 0 Å². The first-order valence-electron chi connectivity index (χ1n) is 6.23. The number of unbranched alkanes of at least 4 members (excludes halogenated alkanes) is 1. The molecule has 2 amide bonds. The molecule has 20 heavy (non-hydrogen) atoms. The molecule has 1 heterocycles. The molecule has 3 N–H and O–H groups in total. The van der Waals surface area contributed by atoms with E-state index in [0.29, 0.717) is 0 Å². The fourth-order valence-corrected chi connectivity index (χ4v) is 2.02. The van der Waals surface area contributed by atoms with E-state index < -0.39 is 36.7 Å². The first-order chi connectivity index (χ1) is 9.20. The quantitative estimate of drug-likeness (QED) is 0.659. The molecule has 1 aliphatic rings. The number of aliphatic hydroxyl groups excluding tert-OH is 1. The van der Waals surface area contributed by atoms with Crippen molar-refractivity contribution in [2.45, 2.75) is 44.0 Å². The summed E-state index contributed by atoms with van der Waals surface area (Å²) in [6.07, 6.45) is -6.02. The van der Waals surface area contributed by atoms with Crippen LogP contribution in [0.4, 0.5) is 18.0 Å². The number of rotatable bonds is 5. The Morgan fingerprint density at radius 2 is 1.95 bits per heavy atom. The lowest BCUT2D eigenvalue weighted by molar-refractivity contribution is -0.141. The molecule has 9 heteroatoms. The smallest absolute Gasteiger partial charge is 0.389 e. The molecule has 1 fully saturated rings. The Hall–Kier alpha value is -1.51. The third-order valence-corrected chi connectivity index (χ3v) is 2.99. The molecule has 1 saturated heterocycles. The number of carbonyl (C=O) groups is 2. The number of aliphatic carboxylic acids is 1. The van der Waals surface area contributed by atoms with Crippen molar-refractivity contribution in [2.24, 2.45) is 0 Å². The Morgan fingerprint density at radius 3 is 2.50 bits per heavy atom. The van der Waals surface area contributed by atoms with Crippen LogP contribution in [0.25, 0.3) is 0 Å². The highest BCUT2D eigenvalue weighted by molar-refractivity contribution is 5.83. The average Bonchev–Trinajstić information content (AvgIpc) is 2.69. The van der Waals surface area contributed by atoms with Gasteiger partial charge < -0.3 is 20.4 Å². The molecule has 0 saturated carbocycles. The minimum Gasteiger partial charge on any atom is -0.480 e. The number of alkyl halides is 3. The first kappa shape index (κ1) is 16.5. The molecule has 0 aliphatic carbocycles. The summed E-state index contributed by atoms with van der Waals surface area (Å²) in [5.74, 6) is -1.21. The van der Waals surface area contributed by atoms with Crippen LogP contribution in [0.3, 0.4) is 0 Å². The van der Waals surface area contributed by atoms with E-state index >= 15 is 0 Å². The predicted molar refractivity (Wildman–Crippen MR) is 62.1 cm³/mol. The Balaban J connectivity index is 2.30. The number of carboxylic acids is 1. The van der Waals surface area contributed by atoms with Crippen molar-refractivity contribution < 1.29 is 33.0 Å². The Morgan fingerprint density at radius 1 is 1.30 bits per heavy atom. The van der Waals surface area contributed by atoms with E-state index in [2.05, 4.69) is 5.32 Å². The van der Waals surface area contributed by atoms with Gasteiger partial charge in [-0.15, -0.1) is 0 Å². The topological polar surface area (TPSA) is 89.9 Å². The van der Waals surface area contributed by atoms with E-state index in [1.165, 1.54) is 0 Å². The zero-order valence-corrected chi connectivity index (χ0v) is 10.7. The number of hydrogen-bond donors (Lipinski definition) is 3. The second kappa shape index (κ2) is 6.78. The van der Waals surface area contributed by atoms with Gasteiger partial charge in [0.2, 0.25) is 0 Å². The number of amides is 2. The number of carbonyl (C=O) groups excluding carboxylic acids is 1. The Kier molecular flexibility index (Phi) is 5.61. The molecule has 0 aromatic carbocycles. The van der Waals surface area contributed by atoms with Gasteiger partial charge in [-0.3, -0.25) is 0 Å². The van der Waals surface area contributed by atoms with Gasteiger partial charge in [-0.2, -0.15) is 13.2 Å². The number of aliphatic hydroxyl groups is 1. The minimum absolute atomic E-state index is 0.0356. The van der Waals surface area contributed by atoms with Gasteiger partial charge in [-0.1, -0.05) is 0 Å². The molecular weight excluding hydrogens is 281 g/mol. The van der Waals surface area contributed by atoms with Gasteiger partial charge in [0.15, 0.2) is 0 Å². The molecule has 1 rings (SSSR count). The summed E-state index contributed by atoms with van der Waals surface area (Å²) >= 11 is 0. The first-order valence-corrected chi connectivity index (χ1v) is 6.23. The zero-order chi connectivity index (χ0) is 15.3. The maximum Gasteiger partial charge on any atom is 0.389 e. The molecule has 6 nitrogen and oxygen atoms in total. The lowest BCUT2D eigenvalue weighted by Crippen LogP contribution is -2.46. The van der Waals surface area contributed by atoms with Crippen LogP contribution in [0.5, 0.6) is 0 Å². The van der Waals surface area contributed by atoms with E-state index in [1.807, 2.05) is 0 Å². The van der Waals surface area contributed by atoms with Crippen LogP contribution < -0.4 is 5.32 Å². The lowest BCUT2D eigenvalue weighted by Gasteiger charge is -2.21. The van der Waals surface area contributed by atoms with E-state index in [1.54, 1.807) is 0 Å². The highest BCUT2D eigenvalue weighted by Gasteiger charge is 2.38. The monoisotopic (exact) mass is 298 g/mol. The van der Waals surface area contributed by atoms with Crippen molar-refractivity contribution in [3.05, 3.63) is 0 Å². The Bertz CT molecular complexity index is 362. The molecule has 0 aromatic heterocycles. The summed E-state index contributed by atoms with van der Waals surface area (Å²) in [6.45, 7) is -0.0564. The maximum atomic E-state index is 11.9.